The number of hydrogen-bond acceptors (Lipinski definition) is 2. The summed E-state index contributed by atoms with van der Waals surface area (Å²) in [5.74, 6) is 0.999. The Balaban J connectivity index is 1.52. The van der Waals surface area contributed by atoms with Gasteiger partial charge >= 0.3 is 0 Å². The van der Waals surface area contributed by atoms with E-state index in [1.807, 2.05) is 28.0 Å². The number of nitrogens with zero attached hydrogens (tertiary/aromatic N) is 4. The number of carbonyl (C=O) groups excluding carboxylic acids is 1. The zero-order valence-corrected chi connectivity index (χ0v) is 14.6. The van der Waals surface area contributed by atoms with Gasteiger partial charge in [0.2, 0.25) is 0 Å². The maximum Gasteiger partial charge on any atom is 0.255 e. The summed E-state index contributed by atoms with van der Waals surface area (Å²) >= 11 is 0. The van der Waals surface area contributed by atoms with E-state index in [-0.39, 0.29) is 5.91 Å². The van der Waals surface area contributed by atoms with Crippen molar-refractivity contribution in [3.63, 3.8) is 0 Å². The molecule has 1 aliphatic carbocycles. The highest BCUT2D eigenvalue weighted by Crippen LogP contribution is 2.32. The molecular formula is C19H26N4O. The normalized spacial score (nSPS) is 21.2. The molecule has 1 saturated carbocycles. The Hall–Kier alpha value is -2.04. The minimum Gasteiger partial charge on any atom is -0.348 e. The molecule has 5 nitrogen and oxygen atoms in total. The predicted octanol–water partition coefficient (Wildman–Crippen LogP) is 3.19. The summed E-state index contributed by atoms with van der Waals surface area (Å²) < 4.78 is 4.33. The largest absolute Gasteiger partial charge is 0.348 e. The fourth-order valence-electron chi connectivity index (χ4n) is 3.88. The number of piperidine rings is 1. The highest BCUT2D eigenvalue weighted by atomic mass is 16.2. The van der Waals surface area contributed by atoms with Gasteiger partial charge in [-0.3, -0.25) is 9.48 Å². The highest BCUT2D eigenvalue weighted by Gasteiger charge is 2.29. The molecule has 5 heteroatoms. The van der Waals surface area contributed by atoms with E-state index in [1.165, 1.54) is 18.5 Å². The molecule has 0 aromatic carbocycles. The minimum absolute atomic E-state index is 0.182. The Morgan fingerprint density at radius 2 is 2.12 bits per heavy atom. The summed E-state index contributed by atoms with van der Waals surface area (Å²) in [5, 5.41) is 4.36. The highest BCUT2D eigenvalue weighted by molar-refractivity contribution is 5.95. The molecule has 0 radical (unpaired) electrons. The maximum absolute atomic E-state index is 13.1. The van der Waals surface area contributed by atoms with Gasteiger partial charge in [-0.05, 0) is 57.6 Å². The van der Waals surface area contributed by atoms with E-state index in [9.17, 15) is 4.79 Å². The van der Waals surface area contributed by atoms with Crippen LogP contribution in [-0.2, 0) is 6.54 Å². The molecule has 1 saturated heterocycles. The van der Waals surface area contributed by atoms with Crippen molar-refractivity contribution >= 4 is 5.91 Å². The van der Waals surface area contributed by atoms with Crippen molar-refractivity contribution in [3.05, 3.63) is 41.5 Å². The summed E-state index contributed by atoms with van der Waals surface area (Å²) in [7, 11) is 0. The van der Waals surface area contributed by atoms with Gasteiger partial charge in [-0.1, -0.05) is 0 Å². The smallest absolute Gasteiger partial charge is 0.255 e. The number of aryl methyl sites for hydroxylation is 1. The number of amides is 1. The second-order valence-electron chi connectivity index (χ2n) is 7.37. The van der Waals surface area contributed by atoms with Crippen molar-refractivity contribution in [1.82, 2.24) is 19.2 Å². The molecule has 1 unspecified atom stereocenters. The SMILES string of the molecule is Cc1cc(C(=O)N2CCCC(n3cccn3)C2)c(C)n1CC1CC1. The molecule has 0 bridgehead atoms. The third-order valence-corrected chi connectivity index (χ3v) is 5.52. The molecular weight excluding hydrogens is 300 g/mol. The molecule has 2 aromatic heterocycles. The van der Waals surface area contributed by atoms with Crippen molar-refractivity contribution in [1.29, 1.82) is 0 Å². The van der Waals surface area contributed by atoms with Gasteiger partial charge < -0.3 is 9.47 Å². The first-order valence-corrected chi connectivity index (χ1v) is 9.08. The van der Waals surface area contributed by atoms with Crippen LogP contribution in [0.3, 0.4) is 0 Å². The molecule has 2 aromatic rings. The second kappa shape index (κ2) is 6.11. The van der Waals surface area contributed by atoms with Crippen LogP contribution in [0.1, 0.15) is 53.5 Å². The quantitative estimate of drug-likeness (QED) is 0.866. The van der Waals surface area contributed by atoms with Crippen LogP contribution in [0.2, 0.25) is 0 Å². The molecule has 3 heterocycles. The lowest BCUT2D eigenvalue weighted by Gasteiger charge is -2.33. The number of aromatic nitrogens is 3. The molecule has 128 valence electrons. The third kappa shape index (κ3) is 2.87. The summed E-state index contributed by atoms with van der Waals surface area (Å²) in [6.07, 6.45) is 8.60. The fourth-order valence-corrected chi connectivity index (χ4v) is 3.88. The van der Waals surface area contributed by atoms with Gasteiger partial charge in [-0.25, -0.2) is 0 Å². The fraction of sp³-hybridized carbons (Fsp3) is 0.579. The average Bonchev–Trinajstić information content (AvgIpc) is 3.16. The Kier molecular flexibility index (Phi) is 3.94. The van der Waals surface area contributed by atoms with Crippen LogP contribution in [0.15, 0.2) is 24.5 Å². The zero-order valence-electron chi connectivity index (χ0n) is 14.6. The second-order valence-corrected chi connectivity index (χ2v) is 7.37. The summed E-state index contributed by atoms with van der Waals surface area (Å²) in [5.41, 5.74) is 3.23. The molecule has 24 heavy (non-hydrogen) atoms. The Morgan fingerprint density at radius 1 is 1.29 bits per heavy atom. The van der Waals surface area contributed by atoms with Crippen molar-refractivity contribution in [3.8, 4) is 0 Å². The molecule has 0 spiro atoms. The molecule has 0 N–H and O–H groups in total. The number of carbonyl (C=O) groups is 1. The molecule has 1 aliphatic heterocycles. The van der Waals surface area contributed by atoms with Gasteiger partial charge in [-0.2, -0.15) is 5.10 Å². The standard InChI is InChI=1S/C19H26N4O/c1-14-11-18(15(2)22(14)12-16-6-7-16)19(24)21-9-3-5-17(13-21)23-10-4-8-20-23/h4,8,10-11,16-17H,3,5-7,9,12-13H2,1-2H3. The van der Waals surface area contributed by atoms with Gasteiger partial charge in [0.1, 0.15) is 0 Å². The van der Waals surface area contributed by atoms with E-state index in [0.29, 0.717) is 6.04 Å². The third-order valence-electron chi connectivity index (χ3n) is 5.52. The van der Waals surface area contributed by atoms with E-state index in [4.69, 9.17) is 0 Å². The number of hydrogen-bond donors (Lipinski definition) is 0. The van der Waals surface area contributed by atoms with E-state index >= 15 is 0 Å². The van der Waals surface area contributed by atoms with E-state index in [2.05, 4.69) is 29.6 Å². The monoisotopic (exact) mass is 326 g/mol. The van der Waals surface area contributed by atoms with Gasteiger partial charge in [0.15, 0.2) is 0 Å². The Morgan fingerprint density at radius 3 is 2.83 bits per heavy atom. The molecule has 4 rings (SSSR count). The van der Waals surface area contributed by atoms with Gasteiger partial charge in [0.25, 0.3) is 5.91 Å². The molecule has 1 atom stereocenters. The van der Waals surface area contributed by atoms with Crippen molar-refractivity contribution in [2.24, 2.45) is 5.92 Å². The van der Waals surface area contributed by atoms with Crippen LogP contribution in [-0.4, -0.2) is 38.2 Å². The van der Waals surface area contributed by atoms with Crippen LogP contribution in [0.4, 0.5) is 0 Å². The summed E-state index contributed by atoms with van der Waals surface area (Å²) in [6.45, 7) is 6.89. The minimum atomic E-state index is 0.182. The molecule has 2 aliphatic rings. The van der Waals surface area contributed by atoms with Crippen LogP contribution in [0, 0.1) is 19.8 Å². The van der Waals surface area contributed by atoms with Crippen LogP contribution in [0.5, 0.6) is 0 Å². The van der Waals surface area contributed by atoms with E-state index < -0.39 is 0 Å². The van der Waals surface area contributed by atoms with Crippen molar-refractivity contribution < 1.29 is 4.79 Å². The maximum atomic E-state index is 13.1. The molecule has 2 fully saturated rings. The van der Waals surface area contributed by atoms with Gasteiger partial charge in [-0.15, -0.1) is 0 Å². The molecule has 1 amide bonds. The van der Waals surface area contributed by atoms with Gasteiger partial charge in [0, 0.05) is 43.4 Å². The number of rotatable bonds is 4. The summed E-state index contributed by atoms with van der Waals surface area (Å²) in [6, 6.07) is 4.33. The first kappa shape index (κ1) is 15.5. The van der Waals surface area contributed by atoms with E-state index in [0.717, 1.165) is 49.7 Å². The lowest BCUT2D eigenvalue weighted by molar-refractivity contribution is 0.0672. The summed E-state index contributed by atoms with van der Waals surface area (Å²) in [4.78, 5) is 15.1. The van der Waals surface area contributed by atoms with E-state index in [1.54, 1.807) is 0 Å². The van der Waals surface area contributed by atoms with Crippen LogP contribution >= 0.6 is 0 Å². The van der Waals surface area contributed by atoms with Crippen LogP contribution < -0.4 is 0 Å². The lowest BCUT2D eigenvalue weighted by atomic mass is 10.0. The first-order chi connectivity index (χ1) is 11.6. The topological polar surface area (TPSA) is 43.1 Å². The predicted molar refractivity (Wildman–Crippen MR) is 93.0 cm³/mol. The van der Waals surface area contributed by atoms with Crippen molar-refractivity contribution in [2.75, 3.05) is 13.1 Å². The van der Waals surface area contributed by atoms with Gasteiger partial charge in [0.05, 0.1) is 11.6 Å². The van der Waals surface area contributed by atoms with Crippen LogP contribution in [0.25, 0.3) is 0 Å². The number of likely N-dealkylation sites (tertiary alicyclic amines) is 1. The average molecular weight is 326 g/mol. The lowest BCUT2D eigenvalue weighted by Crippen LogP contribution is -2.41. The first-order valence-electron chi connectivity index (χ1n) is 9.08. The Labute approximate surface area is 143 Å². The zero-order chi connectivity index (χ0) is 16.7. The Bertz CT molecular complexity index is 727. The van der Waals surface area contributed by atoms with Crippen molar-refractivity contribution in [2.45, 2.75) is 52.1 Å².